The maximum absolute atomic E-state index is 12.2. The Morgan fingerprint density at radius 3 is 2.77 bits per heavy atom. The Hall–Kier alpha value is -1.66. The van der Waals surface area contributed by atoms with Crippen LogP contribution in [0.4, 0.5) is 0 Å². The van der Waals surface area contributed by atoms with Crippen molar-refractivity contribution >= 4 is 31.8 Å². The minimum atomic E-state index is -3.55. The lowest BCUT2D eigenvalue weighted by molar-refractivity contribution is 0.395. The van der Waals surface area contributed by atoms with Gasteiger partial charge in [-0.05, 0) is 41.8 Å². The maximum Gasteiger partial charge on any atom is 0.285 e. The summed E-state index contributed by atoms with van der Waals surface area (Å²) in [6.45, 7) is 1.46. The predicted molar refractivity (Wildman–Crippen MR) is 88.4 cm³/mol. The van der Waals surface area contributed by atoms with Crippen molar-refractivity contribution in [3.63, 3.8) is 0 Å². The zero-order valence-electron chi connectivity index (χ0n) is 11.7. The summed E-state index contributed by atoms with van der Waals surface area (Å²) in [5.41, 5.74) is 3.24. The molecule has 0 fully saturated rings. The summed E-state index contributed by atoms with van der Waals surface area (Å²) in [5, 5.41) is 0. The summed E-state index contributed by atoms with van der Waals surface area (Å²) >= 11 is 3.49. The highest BCUT2D eigenvalue weighted by Crippen LogP contribution is 2.30. The van der Waals surface area contributed by atoms with Gasteiger partial charge in [-0.25, -0.2) is 0 Å². The van der Waals surface area contributed by atoms with Gasteiger partial charge < -0.3 is 4.90 Å². The molecule has 0 amide bonds. The Labute approximate surface area is 137 Å². The van der Waals surface area contributed by atoms with Gasteiger partial charge in [-0.2, -0.15) is 8.42 Å². The first kappa shape index (κ1) is 14.0. The second kappa shape index (κ2) is 4.93. The molecule has 22 heavy (non-hydrogen) atoms. The topological polar surface area (TPSA) is 49.7 Å². The number of benzene rings is 2. The minimum absolute atomic E-state index is 0.312. The van der Waals surface area contributed by atoms with Gasteiger partial charge in [0.25, 0.3) is 10.0 Å². The Morgan fingerprint density at radius 1 is 1.09 bits per heavy atom. The van der Waals surface area contributed by atoms with E-state index in [2.05, 4.69) is 37.4 Å². The van der Waals surface area contributed by atoms with E-state index in [0.29, 0.717) is 22.8 Å². The average molecular weight is 377 g/mol. The normalized spacial score (nSPS) is 18.6. The molecule has 0 aliphatic carbocycles. The smallest absolute Gasteiger partial charge is 0.285 e. The molecule has 0 unspecified atom stereocenters. The van der Waals surface area contributed by atoms with Gasteiger partial charge in [0.2, 0.25) is 0 Å². The molecule has 0 atom stereocenters. The lowest BCUT2D eigenvalue weighted by Gasteiger charge is -2.30. The summed E-state index contributed by atoms with van der Waals surface area (Å²) in [7, 11) is -3.55. The average Bonchev–Trinajstić information content (AvgIpc) is 2.79. The second-order valence-electron chi connectivity index (χ2n) is 5.47. The number of amidine groups is 1. The Balaban J connectivity index is 1.74. The van der Waals surface area contributed by atoms with Gasteiger partial charge in [0.05, 0.1) is 0 Å². The lowest BCUT2D eigenvalue weighted by atomic mass is 9.99. The van der Waals surface area contributed by atoms with Gasteiger partial charge in [0.1, 0.15) is 4.90 Å². The Kier molecular flexibility index (Phi) is 3.13. The van der Waals surface area contributed by atoms with E-state index in [0.717, 1.165) is 17.4 Å². The van der Waals surface area contributed by atoms with E-state index in [1.165, 1.54) is 11.1 Å². The highest BCUT2D eigenvalue weighted by Gasteiger charge is 2.32. The standard InChI is InChI=1S/C16H13BrN2O2S/c17-13-6-5-12-10-19(8-7-11(12)9-13)16-14-3-1-2-4-15(14)22(20,21)18-16/h1-6,9H,7-8,10H2. The second-order valence-corrected chi connectivity index (χ2v) is 7.96. The van der Waals surface area contributed by atoms with E-state index in [1.54, 1.807) is 12.1 Å². The molecule has 4 rings (SSSR count). The van der Waals surface area contributed by atoms with Crippen LogP contribution in [0.15, 0.2) is 56.2 Å². The van der Waals surface area contributed by atoms with Crippen LogP contribution in [0.5, 0.6) is 0 Å². The molecule has 2 aliphatic rings. The van der Waals surface area contributed by atoms with Crippen molar-refractivity contribution in [3.8, 4) is 0 Å². The van der Waals surface area contributed by atoms with Crippen molar-refractivity contribution in [1.29, 1.82) is 0 Å². The Morgan fingerprint density at radius 2 is 1.91 bits per heavy atom. The van der Waals surface area contributed by atoms with Crippen molar-refractivity contribution in [2.24, 2.45) is 4.40 Å². The van der Waals surface area contributed by atoms with Crippen LogP contribution >= 0.6 is 15.9 Å². The molecule has 2 aromatic carbocycles. The van der Waals surface area contributed by atoms with Crippen LogP contribution in [0.3, 0.4) is 0 Å². The van der Waals surface area contributed by atoms with E-state index in [9.17, 15) is 8.42 Å². The van der Waals surface area contributed by atoms with Crippen molar-refractivity contribution in [1.82, 2.24) is 4.90 Å². The van der Waals surface area contributed by atoms with E-state index in [4.69, 9.17) is 0 Å². The van der Waals surface area contributed by atoms with Crippen LogP contribution < -0.4 is 0 Å². The predicted octanol–water partition coefficient (Wildman–Crippen LogP) is 2.96. The largest absolute Gasteiger partial charge is 0.351 e. The molecule has 112 valence electrons. The fourth-order valence-corrected chi connectivity index (χ4v) is 4.66. The third-order valence-electron chi connectivity index (χ3n) is 4.09. The first-order chi connectivity index (χ1) is 10.5. The van der Waals surface area contributed by atoms with E-state index < -0.39 is 10.0 Å². The first-order valence-electron chi connectivity index (χ1n) is 7.01. The zero-order valence-corrected chi connectivity index (χ0v) is 14.1. The van der Waals surface area contributed by atoms with E-state index in [1.807, 2.05) is 18.2 Å². The van der Waals surface area contributed by atoms with Gasteiger partial charge >= 0.3 is 0 Å². The molecule has 2 aliphatic heterocycles. The monoisotopic (exact) mass is 376 g/mol. The number of nitrogens with zero attached hydrogens (tertiary/aromatic N) is 2. The highest BCUT2D eigenvalue weighted by atomic mass is 79.9. The molecule has 0 saturated carbocycles. The molecule has 6 heteroatoms. The summed E-state index contributed by atoms with van der Waals surface area (Å²) < 4.78 is 29.4. The number of fused-ring (bicyclic) bond motifs is 2. The number of hydrogen-bond acceptors (Lipinski definition) is 3. The molecule has 2 heterocycles. The fraction of sp³-hybridized carbons (Fsp3) is 0.188. The third kappa shape index (κ3) is 2.18. The van der Waals surface area contributed by atoms with Crippen LogP contribution in [0.1, 0.15) is 16.7 Å². The molecule has 0 radical (unpaired) electrons. The summed E-state index contributed by atoms with van der Waals surface area (Å²) in [6.07, 6.45) is 0.885. The number of rotatable bonds is 0. The van der Waals surface area contributed by atoms with Crippen LogP contribution in [0.25, 0.3) is 0 Å². The fourth-order valence-electron chi connectivity index (χ4n) is 3.02. The van der Waals surface area contributed by atoms with Crippen molar-refractivity contribution < 1.29 is 8.42 Å². The third-order valence-corrected chi connectivity index (χ3v) is 5.91. The van der Waals surface area contributed by atoms with Crippen LogP contribution in [-0.4, -0.2) is 25.7 Å². The van der Waals surface area contributed by atoms with Crippen LogP contribution in [0, 0.1) is 0 Å². The summed E-state index contributed by atoms with van der Waals surface area (Å²) in [4.78, 5) is 2.37. The van der Waals surface area contributed by atoms with Crippen molar-refractivity contribution in [2.45, 2.75) is 17.9 Å². The summed E-state index contributed by atoms with van der Waals surface area (Å²) in [5.74, 6) is 0.573. The molecule has 4 nitrogen and oxygen atoms in total. The van der Waals surface area contributed by atoms with Gasteiger partial charge in [0.15, 0.2) is 5.84 Å². The van der Waals surface area contributed by atoms with Crippen molar-refractivity contribution in [2.75, 3.05) is 6.54 Å². The van der Waals surface area contributed by atoms with Crippen molar-refractivity contribution in [3.05, 3.63) is 63.6 Å². The van der Waals surface area contributed by atoms with Crippen LogP contribution in [-0.2, 0) is 23.0 Å². The lowest BCUT2D eigenvalue weighted by Crippen LogP contribution is -2.35. The summed E-state index contributed by atoms with van der Waals surface area (Å²) in [6, 6.07) is 13.3. The van der Waals surface area contributed by atoms with Gasteiger partial charge in [-0.1, -0.05) is 34.1 Å². The molecular formula is C16H13BrN2O2S. The van der Waals surface area contributed by atoms with Gasteiger partial charge in [-0.15, -0.1) is 4.40 Å². The number of halogens is 1. The SMILES string of the molecule is O=S1(=O)N=C(N2CCc3cc(Br)ccc3C2)c2ccccc21. The molecular weight excluding hydrogens is 364 g/mol. The molecule has 0 bridgehead atoms. The molecule has 0 aromatic heterocycles. The molecule has 0 spiro atoms. The zero-order chi connectivity index (χ0) is 15.3. The van der Waals surface area contributed by atoms with Crippen LogP contribution in [0.2, 0.25) is 0 Å². The Bertz CT molecular complexity index is 906. The highest BCUT2D eigenvalue weighted by molar-refractivity contribution is 9.10. The van der Waals surface area contributed by atoms with Gasteiger partial charge in [0, 0.05) is 23.1 Å². The quantitative estimate of drug-likeness (QED) is 0.709. The van der Waals surface area contributed by atoms with E-state index in [-0.39, 0.29) is 0 Å². The minimum Gasteiger partial charge on any atom is -0.351 e. The number of hydrogen-bond donors (Lipinski definition) is 0. The molecule has 0 N–H and O–H groups in total. The molecule has 2 aromatic rings. The maximum atomic E-state index is 12.2. The van der Waals surface area contributed by atoms with E-state index >= 15 is 0 Å². The molecule has 0 saturated heterocycles. The first-order valence-corrected chi connectivity index (χ1v) is 9.24. The van der Waals surface area contributed by atoms with Gasteiger partial charge in [-0.3, -0.25) is 0 Å². The number of sulfonamides is 1.